The Hall–Kier alpha value is -2.44. The summed E-state index contributed by atoms with van der Waals surface area (Å²) >= 11 is 3.29. The minimum Gasteiger partial charge on any atom is -0.497 e. The lowest BCUT2D eigenvalue weighted by Crippen LogP contribution is -2.14. The van der Waals surface area contributed by atoms with E-state index in [0.717, 1.165) is 33.1 Å². The molecule has 0 aliphatic carbocycles. The lowest BCUT2D eigenvalue weighted by Gasteiger charge is -2.06. The van der Waals surface area contributed by atoms with Gasteiger partial charge in [0, 0.05) is 5.38 Å². The second kappa shape index (κ2) is 8.29. The Balaban J connectivity index is 2.07. The number of rotatable bonds is 6. The van der Waals surface area contributed by atoms with Gasteiger partial charge < -0.3 is 4.74 Å². The van der Waals surface area contributed by atoms with Crippen LogP contribution in [0.3, 0.4) is 0 Å². The second-order valence-electron chi connectivity index (χ2n) is 5.88. The average Bonchev–Trinajstić information content (AvgIpc) is 3.29. The first-order chi connectivity index (χ1) is 12.6. The van der Waals surface area contributed by atoms with Crippen LogP contribution in [0.15, 0.2) is 69.4 Å². The molecule has 0 aliphatic heterocycles. The van der Waals surface area contributed by atoms with Gasteiger partial charge in [0.05, 0.1) is 29.9 Å². The molecule has 0 saturated heterocycles. The zero-order valence-corrected chi connectivity index (χ0v) is 16.7. The molecule has 4 nitrogen and oxygen atoms in total. The van der Waals surface area contributed by atoms with Gasteiger partial charge in [-0.05, 0) is 55.1 Å². The molecule has 3 rings (SSSR count). The first kappa shape index (κ1) is 18.4. The molecule has 2 heterocycles. The van der Waals surface area contributed by atoms with Crippen LogP contribution in [-0.4, -0.2) is 24.0 Å². The number of thiazole rings is 1. The monoisotopic (exact) mass is 383 g/mol. The van der Waals surface area contributed by atoms with E-state index in [0.29, 0.717) is 6.54 Å². The molecule has 3 aromatic rings. The molecule has 1 aromatic carbocycles. The molecule has 0 amide bonds. The highest BCUT2D eigenvalue weighted by atomic mass is 32.1. The topological polar surface area (TPSA) is 38.9 Å². The van der Waals surface area contributed by atoms with Gasteiger partial charge in [-0.3, -0.25) is 4.99 Å². The number of benzene rings is 1. The molecule has 0 fully saturated rings. The quantitative estimate of drug-likeness (QED) is 0.434. The van der Waals surface area contributed by atoms with Crippen LogP contribution in [0.2, 0.25) is 0 Å². The molecule has 0 spiro atoms. The minimum atomic E-state index is 0.599. The van der Waals surface area contributed by atoms with Crippen molar-refractivity contribution in [3.8, 4) is 16.3 Å². The second-order valence-corrected chi connectivity index (χ2v) is 7.66. The molecule has 0 unspecified atom stereocenters. The molecule has 0 bridgehead atoms. The van der Waals surface area contributed by atoms with Crippen LogP contribution in [-0.2, 0) is 0 Å². The van der Waals surface area contributed by atoms with Crippen LogP contribution in [0.25, 0.3) is 10.6 Å². The number of thiophene rings is 1. The maximum Gasteiger partial charge on any atom is 0.206 e. The fraction of sp³-hybridized carbons (Fsp3) is 0.200. The van der Waals surface area contributed by atoms with E-state index in [1.165, 1.54) is 4.88 Å². The summed E-state index contributed by atoms with van der Waals surface area (Å²) in [4.78, 5) is 6.71. The van der Waals surface area contributed by atoms with E-state index in [4.69, 9.17) is 9.84 Å². The molecule has 2 aromatic heterocycles. The molecule has 0 N–H and O–H groups in total. The van der Waals surface area contributed by atoms with Gasteiger partial charge >= 0.3 is 0 Å². The highest BCUT2D eigenvalue weighted by molar-refractivity contribution is 7.14. The molecule has 0 aliphatic rings. The summed E-state index contributed by atoms with van der Waals surface area (Å²) in [5, 5.41) is 9.04. The fourth-order valence-corrected chi connectivity index (χ4v) is 3.97. The van der Waals surface area contributed by atoms with E-state index >= 15 is 0 Å². The number of methoxy groups -OCH3 is 1. The first-order valence-electron chi connectivity index (χ1n) is 8.18. The summed E-state index contributed by atoms with van der Waals surface area (Å²) < 4.78 is 7.16. The third kappa shape index (κ3) is 4.20. The lowest BCUT2D eigenvalue weighted by molar-refractivity contribution is 0.415. The molecular weight excluding hydrogens is 362 g/mol. The summed E-state index contributed by atoms with van der Waals surface area (Å²) in [5.41, 5.74) is 4.05. The SMILES string of the molecule is C=C(C)CN=c1scc(-c2cccs2)n1N=C(C)c1ccc(OC)cc1. The van der Waals surface area contributed by atoms with Crippen molar-refractivity contribution >= 4 is 28.4 Å². The standard InChI is InChI=1S/C20H21N3OS2/c1-14(2)12-21-20-23(18(13-26-20)19-6-5-11-25-19)22-15(3)16-7-9-17(24-4)10-8-16/h5-11,13H,1,12H2,2-4H3. The molecule has 0 saturated carbocycles. The lowest BCUT2D eigenvalue weighted by atomic mass is 10.1. The van der Waals surface area contributed by atoms with Crippen molar-refractivity contribution in [2.45, 2.75) is 13.8 Å². The van der Waals surface area contributed by atoms with Crippen molar-refractivity contribution in [3.63, 3.8) is 0 Å². The van der Waals surface area contributed by atoms with E-state index in [1.807, 2.05) is 48.9 Å². The Morgan fingerprint density at radius 3 is 2.54 bits per heavy atom. The van der Waals surface area contributed by atoms with Gasteiger partial charge in [0.25, 0.3) is 0 Å². The predicted octanol–water partition coefficient (Wildman–Crippen LogP) is 5.04. The highest BCUT2D eigenvalue weighted by Crippen LogP contribution is 2.25. The summed E-state index contributed by atoms with van der Waals surface area (Å²) in [5.74, 6) is 0.834. The van der Waals surface area contributed by atoms with Gasteiger partial charge in [0.2, 0.25) is 4.80 Å². The Kier molecular flexibility index (Phi) is 5.85. The van der Waals surface area contributed by atoms with Crippen molar-refractivity contribution in [3.05, 3.63) is 69.7 Å². The highest BCUT2D eigenvalue weighted by Gasteiger charge is 2.09. The smallest absolute Gasteiger partial charge is 0.206 e. The van der Waals surface area contributed by atoms with Crippen molar-refractivity contribution in [1.82, 2.24) is 4.68 Å². The van der Waals surface area contributed by atoms with Crippen molar-refractivity contribution < 1.29 is 4.74 Å². The van der Waals surface area contributed by atoms with E-state index in [9.17, 15) is 0 Å². The normalized spacial score (nSPS) is 12.4. The number of hydrogen-bond acceptors (Lipinski definition) is 5. The third-order valence-corrected chi connectivity index (χ3v) is 5.45. The summed E-state index contributed by atoms with van der Waals surface area (Å²) in [6, 6.07) is 12.1. The van der Waals surface area contributed by atoms with Crippen LogP contribution in [0.4, 0.5) is 0 Å². The maximum absolute atomic E-state index is 5.23. The molecule has 134 valence electrons. The number of nitrogens with zero attached hydrogens (tertiary/aromatic N) is 3. The maximum atomic E-state index is 5.23. The van der Waals surface area contributed by atoms with E-state index in [2.05, 4.69) is 28.4 Å². The third-order valence-electron chi connectivity index (χ3n) is 3.70. The fourth-order valence-electron chi connectivity index (χ4n) is 2.34. The molecule has 0 radical (unpaired) electrons. The van der Waals surface area contributed by atoms with E-state index in [-0.39, 0.29) is 0 Å². The molecule has 0 atom stereocenters. The molecular formula is C20H21N3OS2. The summed E-state index contributed by atoms with van der Waals surface area (Å²) in [7, 11) is 1.67. The first-order valence-corrected chi connectivity index (χ1v) is 9.93. The number of ether oxygens (including phenoxy) is 1. The van der Waals surface area contributed by atoms with E-state index < -0.39 is 0 Å². The van der Waals surface area contributed by atoms with Crippen LogP contribution in [0.1, 0.15) is 19.4 Å². The van der Waals surface area contributed by atoms with E-state index in [1.54, 1.807) is 29.8 Å². The molecule has 26 heavy (non-hydrogen) atoms. The van der Waals surface area contributed by atoms with Gasteiger partial charge in [-0.25, -0.2) is 4.68 Å². The number of hydrogen-bond donors (Lipinski definition) is 0. The largest absolute Gasteiger partial charge is 0.497 e. The van der Waals surface area contributed by atoms with Crippen LogP contribution < -0.4 is 9.54 Å². The zero-order chi connectivity index (χ0) is 18.5. The predicted molar refractivity (Wildman–Crippen MR) is 111 cm³/mol. The zero-order valence-electron chi connectivity index (χ0n) is 15.1. The Morgan fingerprint density at radius 1 is 1.15 bits per heavy atom. The van der Waals surface area contributed by atoms with Crippen LogP contribution in [0, 0.1) is 0 Å². The summed E-state index contributed by atoms with van der Waals surface area (Å²) in [6.07, 6.45) is 0. The van der Waals surface area contributed by atoms with Crippen LogP contribution in [0.5, 0.6) is 5.75 Å². The van der Waals surface area contributed by atoms with Gasteiger partial charge in [-0.15, -0.1) is 22.7 Å². The minimum absolute atomic E-state index is 0.599. The molecule has 6 heteroatoms. The van der Waals surface area contributed by atoms with Crippen molar-refractivity contribution in [1.29, 1.82) is 0 Å². The Morgan fingerprint density at radius 2 is 1.92 bits per heavy atom. The van der Waals surface area contributed by atoms with Crippen molar-refractivity contribution in [2.75, 3.05) is 13.7 Å². The van der Waals surface area contributed by atoms with Crippen molar-refractivity contribution in [2.24, 2.45) is 10.1 Å². The summed E-state index contributed by atoms with van der Waals surface area (Å²) in [6.45, 7) is 8.52. The average molecular weight is 384 g/mol. The van der Waals surface area contributed by atoms with Crippen LogP contribution >= 0.6 is 22.7 Å². The van der Waals surface area contributed by atoms with Gasteiger partial charge in [0.1, 0.15) is 5.75 Å². The number of aromatic nitrogens is 1. The Bertz CT molecular complexity index is 977. The Labute approximate surface area is 161 Å². The van der Waals surface area contributed by atoms with Gasteiger partial charge in [0.15, 0.2) is 0 Å². The van der Waals surface area contributed by atoms with Gasteiger partial charge in [-0.2, -0.15) is 5.10 Å². The van der Waals surface area contributed by atoms with Gasteiger partial charge in [-0.1, -0.05) is 18.2 Å².